The van der Waals surface area contributed by atoms with Crippen LogP contribution in [0.3, 0.4) is 0 Å². The van der Waals surface area contributed by atoms with Crippen LogP contribution in [-0.2, 0) is 22.6 Å². The Kier molecular flexibility index (Phi) is 8.89. The maximum absolute atomic E-state index is 11.0. The number of nitrogens with one attached hydrogen (secondary N) is 1. The van der Waals surface area contributed by atoms with E-state index in [1.807, 2.05) is 63.9 Å². The number of rotatable bonds is 5. The fourth-order valence-corrected chi connectivity index (χ4v) is 5.09. The standard InChI is InChI=1S/C27H24NO.C5H5.Fe/c1-19(26(29)20-11-5-6-12-20)28-27(21-13-3-2-4-14-21)24-17-9-7-15-22(24)23-16-8-10-18-25(23)27;1-2-4-5-3-1;/h2-19,26,28-29H,1H3;1-5H;/q;;+2/t19-,26-;;/m0../s1. The molecule has 2 nitrogen and oxygen atoms in total. The molecular formula is C32H29FeNO+2. The van der Waals surface area contributed by atoms with Gasteiger partial charge >= 0.3 is 17.1 Å². The molecule has 35 heavy (non-hydrogen) atoms. The second kappa shape index (κ2) is 11.9. The largest absolute Gasteiger partial charge is 2.00 e. The van der Waals surface area contributed by atoms with Gasteiger partial charge < -0.3 is 5.11 Å². The molecule has 0 aromatic heterocycles. The van der Waals surface area contributed by atoms with Gasteiger partial charge in [0.25, 0.3) is 0 Å². The fourth-order valence-electron chi connectivity index (χ4n) is 5.09. The first-order valence-corrected chi connectivity index (χ1v) is 11.8. The monoisotopic (exact) mass is 499 g/mol. The first kappa shape index (κ1) is 26.2. The molecule has 3 aliphatic carbocycles. The Morgan fingerprint density at radius 2 is 1.09 bits per heavy atom. The summed E-state index contributed by atoms with van der Waals surface area (Å²) in [7, 11) is 0. The van der Waals surface area contributed by atoms with Crippen LogP contribution in [0.5, 0.6) is 0 Å². The molecule has 0 saturated heterocycles. The van der Waals surface area contributed by atoms with Crippen molar-refractivity contribution >= 4 is 0 Å². The summed E-state index contributed by atoms with van der Waals surface area (Å²) >= 11 is 0. The average molecular weight is 499 g/mol. The summed E-state index contributed by atoms with van der Waals surface area (Å²) in [6, 6.07) is 27.6. The maximum Gasteiger partial charge on any atom is 2.00 e. The summed E-state index contributed by atoms with van der Waals surface area (Å²) in [5.41, 5.74) is 5.62. The van der Waals surface area contributed by atoms with Crippen LogP contribution < -0.4 is 5.32 Å². The smallest absolute Gasteiger partial charge is 0.391 e. The molecular weight excluding hydrogens is 470 g/mol. The van der Waals surface area contributed by atoms with Crippen LogP contribution in [0.15, 0.2) is 78.9 Å². The summed E-state index contributed by atoms with van der Waals surface area (Å²) in [6.45, 7) is 2.06. The predicted octanol–water partition coefficient (Wildman–Crippen LogP) is 5.72. The van der Waals surface area contributed by atoms with Crippen molar-refractivity contribution in [2.75, 3.05) is 0 Å². The van der Waals surface area contributed by atoms with Crippen molar-refractivity contribution in [3.63, 3.8) is 0 Å². The number of hydrogen-bond donors (Lipinski definition) is 2. The molecule has 2 N–H and O–H groups in total. The van der Waals surface area contributed by atoms with Crippen molar-refractivity contribution in [2.24, 2.45) is 0 Å². The maximum atomic E-state index is 11.0. The number of benzene rings is 3. The molecule has 0 spiro atoms. The van der Waals surface area contributed by atoms with Crippen molar-refractivity contribution in [2.45, 2.75) is 24.6 Å². The van der Waals surface area contributed by atoms with E-state index in [0.717, 1.165) is 5.92 Å². The van der Waals surface area contributed by atoms with Crippen molar-refractivity contribution in [1.82, 2.24) is 5.32 Å². The van der Waals surface area contributed by atoms with E-state index in [2.05, 4.69) is 85.0 Å². The Balaban J connectivity index is 0.000000431. The van der Waals surface area contributed by atoms with E-state index >= 15 is 0 Å². The van der Waals surface area contributed by atoms with E-state index < -0.39 is 11.6 Å². The van der Waals surface area contributed by atoms with Crippen molar-refractivity contribution < 1.29 is 22.2 Å². The zero-order valence-corrected chi connectivity index (χ0v) is 20.8. The molecule has 10 radical (unpaired) electrons. The quantitative estimate of drug-likeness (QED) is 0.440. The minimum absolute atomic E-state index is 0. The number of hydrogen-bond acceptors (Lipinski definition) is 2. The SMILES string of the molecule is C[C@H](NC1(c2ccccc2)c2ccccc2-c2ccccc21)[C@H](O)[C]1[CH][CH][CH][CH]1.[CH]1[CH][CH][CH][CH]1.[Fe+2]. The third kappa shape index (κ3) is 5.16. The van der Waals surface area contributed by atoms with Gasteiger partial charge in [-0.3, -0.25) is 5.32 Å². The van der Waals surface area contributed by atoms with E-state index in [4.69, 9.17) is 0 Å². The van der Waals surface area contributed by atoms with Crippen LogP contribution in [0, 0.1) is 63.7 Å². The fraction of sp³-hybridized carbons (Fsp3) is 0.125. The topological polar surface area (TPSA) is 32.3 Å². The molecule has 3 aromatic carbocycles. The predicted molar refractivity (Wildman–Crippen MR) is 139 cm³/mol. The van der Waals surface area contributed by atoms with Gasteiger partial charge in [-0.25, -0.2) is 0 Å². The van der Waals surface area contributed by atoms with Gasteiger partial charge in [0, 0.05) is 12.0 Å². The Labute approximate surface area is 222 Å². The second-order valence-electron chi connectivity index (χ2n) is 8.77. The molecule has 0 bridgehead atoms. The normalized spacial score (nSPS) is 19.6. The minimum Gasteiger partial charge on any atom is -0.391 e. The van der Waals surface area contributed by atoms with Gasteiger partial charge in [-0.15, -0.1) is 0 Å². The average Bonchev–Trinajstić information content (AvgIpc) is 3.68. The number of aliphatic hydroxyl groups excluding tert-OH is 1. The Bertz CT molecular complexity index is 1020. The molecule has 3 heteroatoms. The van der Waals surface area contributed by atoms with Crippen LogP contribution in [0.1, 0.15) is 23.6 Å². The van der Waals surface area contributed by atoms with Gasteiger partial charge in [-0.2, -0.15) is 0 Å². The molecule has 2 saturated carbocycles. The first-order valence-electron chi connectivity index (χ1n) is 11.8. The van der Waals surface area contributed by atoms with Crippen molar-refractivity contribution in [1.29, 1.82) is 0 Å². The van der Waals surface area contributed by atoms with Crippen molar-refractivity contribution in [3.05, 3.63) is 159 Å². The molecule has 2 fully saturated rings. The third-order valence-electron chi connectivity index (χ3n) is 6.66. The van der Waals surface area contributed by atoms with E-state index in [-0.39, 0.29) is 23.1 Å². The summed E-state index contributed by atoms with van der Waals surface area (Å²) in [4.78, 5) is 0. The zero-order chi connectivity index (χ0) is 23.4. The van der Waals surface area contributed by atoms with Crippen LogP contribution in [0.25, 0.3) is 11.1 Å². The second-order valence-corrected chi connectivity index (χ2v) is 8.77. The molecule has 2 atom stereocenters. The molecule has 174 valence electrons. The van der Waals surface area contributed by atoms with E-state index in [0.29, 0.717) is 0 Å². The van der Waals surface area contributed by atoms with Crippen LogP contribution in [-0.4, -0.2) is 17.3 Å². The van der Waals surface area contributed by atoms with Gasteiger partial charge in [-0.05, 0) is 92.5 Å². The van der Waals surface area contributed by atoms with E-state index in [1.54, 1.807) is 0 Å². The summed E-state index contributed by atoms with van der Waals surface area (Å²) in [6.07, 6.45) is 17.3. The van der Waals surface area contributed by atoms with Gasteiger partial charge in [0.05, 0.1) is 11.6 Å². The van der Waals surface area contributed by atoms with E-state index in [1.165, 1.54) is 27.8 Å². The van der Waals surface area contributed by atoms with Crippen LogP contribution in [0.4, 0.5) is 0 Å². The number of aliphatic hydroxyl groups is 1. The molecule has 6 rings (SSSR count). The Morgan fingerprint density at radius 3 is 1.60 bits per heavy atom. The molecule has 3 aromatic rings. The van der Waals surface area contributed by atoms with Crippen LogP contribution >= 0.6 is 0 Å². The Hall–Kier alpha value is -1.90. The third-order valence-corrected chi connectivity index (χ3v) is 6.66. The van der Waals surface area contributed by atoms with E-state index in [9.17, 15) is 5.11 Å². The van der Waals surface area contributed by atoms with Gasteiger partial charge in [-0.1, -0.05) is 78.9 Å². The number of fused-ring (bicyclic) bond motifs is 3. The molecule has 0 heterocycles. The summed E-state index contributed by atoms with van der Waals surface area (Å²) in [5, 5.41) is 14.9. The van der Waals surface area contributed by atoms with Gasteiger partial charge in [0.2, 0.25) is 0 Å². The van der Waals surface area contributed by atoms with Gasteiger partial charge in [0.1, 0.15) is 0 Å². The molecule has 3 aliphatic rings. The molecule has 0 aliphatic heterocycles. The summed E-state index contributed by atoms with van der Waals surface area (Å²) in [5.74, 6) is 0.938. The van der Waals surface area contributed by atoms with Crippen molar-refractivity contribution in [3.8, 4) is 11.1 Å². The zero-order valence-electron chi connectivity index (χ0n) is 19.7. The first-order chi connectivity index (χ1) is 16.7. The van der Waals surface area contributed by atoms with Gasteiger partial charge in [0.15, 0.2) is 0 Å². The Morgan fingerprint density at radius 1 is 0.629 bits per heavy atom. The minimum atomic E-state index is -0.592. The summed E-state index contributed by atoms with van der Waals surface area (Å²) < 4.78 is 0. The van der Waals surface area contributed by atoms with Crippen LogP contribution in [0.2, 0.25) is 0 Å². The molecule has 0 unspecified atom stereocenters. The molecule has 0 amide bonds.